The Bertz CT molecular complexity index is 1200. The third-order valence-corrected chi connectivity index (χ3v) is 5.24. The molecule has 2 heterocycles. The number of benzene rings is 2. The van der Waals surface area contributed by atoms with Gasteiger partial charge in [0.05, 0.1) is 17.7 Å². The molecule has 0 fully saturated rings. The third kappa shape index (κ3) is 3.67. The molecule has 2 aromatic carbocycles. The van der Waals surface area contributed by atoms with Crippen molar-refractivity contribution in [2.75, 3.05) is 7.11 Å². The van der Waals surface area contributed by atoms with E-state index in [1.807, 2.05) is 34.7 Å². The van der Waals surface area contributed by atoms with E-state index in [-0.39, 0.29) is 0 Å². The fraction of sp³-hybridized carbons (Fsp3) is 0.136. The Kier molecular flexibility index (Phi) is 5.18. The van der Waals surface area contributed by atoms with Crippen LogP contribution in [0.4, 0.5) is 0 Å². The van der Waals surface area contributed by atoms with Gasteiger partial charge in [0.25, 0.3) is 0 Å². The van der Waals surface area contributed by atoms with Crippen molar-refractivity contribution in [3.05, 3.63) is 82.8 Å². The molecule has 0 spiro atoms. The number of aryl methyl sites for hydroxylation is 2. The lowest BCUT2D eigenvalue weighted by molar-refractivity contribution is 0.100. The zero-order valence-electron chi connectivity index (χ0n) is 15.8. The van der Waals surface area contributed by atoms with Gasteiger partial charge in [-0.2, -0.15) is 0 Å². The maximum Gasteiger partial charge on any atom is 0.250 e. The summed E-state index contributed by atoms with van der Waals surface area (Å²) in [6.45, 7) is 0. The first kappa shape index (κ1) is 19.0. The molecule has 29 heavy (non-hydrogen) atoms. The Balaban J connectivity index is 1.67. The highest BCUT2D eigenvalue weighted by atomic mass is 35.5. The number of amides is 1. The molecule has 7 heteroatoms. The van der Waals surface area contributed by atoms with Crippen molar-refractivity contribution in [3.8, 4) is 16.9 Å². The molecule has 0 atom stereocenters. The summed E-state index contributed by atoms with van der Waals surface area (Å²) in [7, 11) is 1.68. The largest absolute Gasteiger partial charge is 0.496 e. The van der Waals surface area contributed by atoms with Gasteiger partial charge >= 0.3 is 0 Å². The van der Waals surface area contributed by atoms with E-state index in [0.29, 0.717) is 10.6 Å². The molecule has 0 aliphatic rings. The molecule has 0 bridgehead atoms. The normalized spacial score (nSPS) is 11.0. The van der Waals surface area contributed by atoms with E-state index < -0.39 is 5.91 Å². The van der Waals surface area contributed by atoms with Crippen molar-refractivity contribution in [2.45, 2.75) is 12.8 Å². The Morgan fingerprint density at radius 1 is 1.14 bits per heavy atom. The van der Waals surface area contributed by atoms with Gasteiger partial charge in [-0.05, 0) is 54.3 Å². The first-order valence-corrected chi connectivity index (χ1v) is 9.49. The zero-order valence-corrected chi connectivity index (χ0v) is 16.6. The lowest BCUT2D eigenvalue weighted by Crippen LogP contribution is -2.11. The maximum atomic E-state index is 11.4. The van der Waals surface area contributed by atoms with Crippen molar-refractivity contribution in [2.24, 2.45) is 5.73 Å². The van der Waals surface area contributed by atoms with Gasteiger partial charge in [0.15, 0.2) is 5.65 Å². The summed E-state index contributed by atoms with van der Waals surface area (Å²) >= 11 is 6.22. The number of hydrogen-bond donors (Lipinski definition) is 1. The van der Waals surface area contributed by atoms with Crippen molar-refractivity contribution in [1.29, 1.82) is 0 Å². The van der Waals surface area contributed by atoms with E-state index in [1.165, 1.54) is 0 Å². The van der Waals surface area contributed by atoms with Crippen LogP contribution in [0.2, 0.25) is 5.02 Å². The van der Waals surface area contributed by atoms with Gasteiger partial charge in [0.1, 0.15) is 12.1 Å². The van der Waals surface area contributed by atoms with Crippen LogP contribution in [-0.2, 0) is 12.8 Å². The number of methoxy groups -OCH3 is 1. The second kappa shape index (κ2) is 7.93. The van der Waals surface area contributed by atoms with Crippen molar-refractivity contribution >= 4 is 23.2 Å². The molecular weight excluding hydrogens is 388 g/mol. The fourth-order valence-corrected chi connectivity index (χ4v) is 3.72. The van der Waals surface area contributed by atoms with E-state index in [1.54, 1.807) is 25.6 Å². The highest BCUT2D eigenvalue weighted by Crippen LogP contribution is 2.29. The van der Waals surface area contributed by atoms with E-state index >= 15 is 0 Å². The number of halogens is 1. The van der Waals surface area contributed by atoms with Gasteiger partial charge < -0.3 is 10.5 Å². The predicted octanol–water partition coefficient (Wildman–Crippen LogP) is 3.94. The number of pyridine rings is 1. The number of nitrogens with zero attached hydrogens (tertiary/aromatic N) is 3. The second-order valence-electron chi connectivity index (χ2n) is 6.63. The van der Waals surface area contributed by atoms with Gasteiger partial charge in [0.2, 0.25) is 5.91 Å². The van der Waals surface area contributed by atoms with Gasteiger partial charge in [0, 0.05) is 11.3 Å². The van der Waals surface area contributed by atoms with Crippen LogP contribution in [-0.4, -0.2) is 27.6 Å². The lowest BCUT2D eigenvalue weighted by Gasteiger charge is -2.11. The number of para-hydroxylation sites is 1. The summed E-state index contributed by atoms with van der Waals surface area (Å²) in [6, 6.07) is 17.2. The van der Waals surface area contributed by atoms with Gasteiger partial charge in [-0.3, -0.25) is 9.20 Å². The first-order chi connectivity index (χ1) is 14.1. The van der Waals surface area contributed by atoms with Crippen molar-refractivity contribution in [3.63, 3.8) is 0 Å². The molecule has 4 rings (SSSR count). The van der Waals surface area contributed by atoms with E-state index in [9.17, 15) is 4.79 Å². The molecule has 0 aliphatic heterocycles. The summed E-state index contributed by atoms with van der Waals surface area (Å²) in [6.07, 6.45) is 3.34. The average Bonchev–Trinajstić information content (AvgIpc) is 3.22. The molecule has 146 valence electrons. The zero-order chi connectivity index (χ0) is 20.4. The van der Waals surface area contributed by atoms with Crippen LogP contribution in [0.3, 0.4) is 0 Å². The summed E-state index contributed by atoms with van der Waals surface area (Å²) in [5, 5.41) is 8.68. The van der Waals surface area contributed by atoms with Crippen molar-refractivity contribution < 1.29 is 9.53 Å². The summed E-state index contributed by atoms with van der Waals surface area (Å²) < 4.78 is 7.42. The van der Waals surface area contributed by atoms with Crippen LogP contribution >= 0.6 is 11.6 Å². The lowest BCUT2D eigenvalue weighted by atomic mass is 10.0. The number of ether oxygens (including phenoxy) is 1. The molecule has 0 radical (unpaired) electrons. The first-order valence-electron chi connectivity index (χ1n) is 9.11. The van der Waals surface area contributed by atoms with E-state index in [2.05, 4.69) is 22.3 Å². The standard InChI is InChI=1S/C22H19ClN4O2/c1-29-20-5-3-2-4-14(20)6-8-16-9-11-17(22-26-25-13-27(16)22)15-7-10-18(21(24)28)19(23)12-15/h2-5,7,9-13H,6,8H2,1H3,(H2,24,28). The molecule has 0 aliphatic carbocycles. The van der Waals surface area contributed by atoms with Gasteiger partial charge in [-0.15, -0.1) is 10.2 Å². The molecule has 4 aromatic rings. The van der Waals surface area contributed by atoms with Crippen LogP contribution < -0.4 is 10.5 Å². The number of rotatable bonds is 6. The van der Waals surface area contributed by atoms with E-state index in [0.717, 1.165) is 46.6 Å². The smallest absolute Gasteiger partial charge is 0.250 e. The minimum Gasteiger partial charge on any atom is -0.496 e. The SMILES string of the molecule is COc1ccccc1CCc1ccc(-c2ccc(C(N)=O)c(Cl)c2)c2nncn12. The highest BCUT2D eigenvalue weighted by molar-refractivity contribution is 6.34. The third-order valence-electron chi connectivity index (χ3n) is 4.93. The number of primary amides is 1. The summed E-state index contributed by atoms with van der Waals surface area (Å²) in [4.78, 5) is 11.4. The summed E-state index contributed by atoms with van der Waals surface area (Å²) in [5.41, 5.74) is 10.3. The van der Waals surface area contributed by atoms with E-state index in [4.69, 9.17) is 22.1 Å². The van der Waals surface area contributed by atoms with Crippen LogP contribution in [0.5, 0.6) is 5.75 Å². The molecule has 1 amide bonds. The van der Waals surface area contributed by atoms with Crippen molar-refractivity contribution in [1.82, 2.24) is 14.6 Å². The number of hydrogen-bond acceptors (Lipinski definition) is 4. The predicted molar refractivity (Wildman–Crippen MR) is 112 cm³/mol. The average molecular weight is 407 g/mol. The van der Waals surface area contributed by atoms with Crippen LogP contribution in [0.15, 0.2) is 60.9 Å². The van der Waals surface area contributed by atoms with Crippen LogP contribution in [0.25, 0.3) is 16.8 Å². The number of nitrogens with two attached hydrogens (primary N) is 1. The molecule has 2 N–H and O–H groups in total. The maximum absolute atomic E-state index is 11.4. The highest BCUT2D eigenvalue weighted by Gasteiger charge is 2.13. The number of aromatic nitrogens is 3. The van der Waals surface area contributed by atoms with Crippen LogP contribution in [0.1, 0.15) is 21.6 Å². The topological polar surface area (TPSA) is 82.5 Å². The molecule has 6 nitrogen and oxygen atoms in total. The minimum absolute atomic E-state index is 0.293. The Morgan fingerprint density at radius 2 is 1.97 bits per heavy atom. The Morgan fingerprint density at radius 3 is 2.72 bits per heavy atom. The number of carbonyl (C=O) groups excluding carboxylic acids is 1. The second-order valence-corrected chi connectivity index (χ2v) is 7.04. The molecule has 0 saturated heterocycles. The minimum atomic E-state index is -0.555. The number of carbonyl (C=O) groups is 1. The molecule has 0 saturated carbocycles. The Hall–Kier alpha value is -3.38. The van der Waals surface area contributed by atoms with Gasteiger partial charge in [-0.1, -0.05) is 35.9 Å². The molecule has 2 aromatic heterocycles. The summed E-state index contributed by atoms with van der Waals surface area (Å²) in [5.74, 6) is 0.328. The molecule has 0 unspecified atom stereocenters. The fourth-order valence-electron chi connectivity index (χ4n) is 3.45. The Labute approximate surface area is 172 Å². The number of fused-ring (bicyclic) bond motifs is 1. The quantitative estimate of drug-likeness (QED) is 0.525. The monoisotopic (exact) mass is 406 g/mol. The molecular formula is C22H19ClN4O2. The van der Waals surface area contributed by atoms with Crippen LogP contribution in [0, 0.1) is 0 Å². The van der Waals surface area contributed by atoms with Gasteiger partial charge in [-0.25, -0.2) is 0 Å².